The SMILES string of the molecule is CC(c1ccccc1)N1C(=O)C(=C2C(=O)N(C)c3ccccc32)SC1=S. The van der Waals surface area contributed by atoms with Gasteiger partial charge in [0, 0.05) is 12.6 Å². The minimum atomic E-state index is -0.204. The summed E-state index contributed by atoms with van der Waals surface area (Å²) in [7, 11) is 1.72. The second-order valence-electron chi connectivity index (χ2n) is 6.22. The van der Waals surface area contributed by atoms with Gasteiger partial charge in [-0.15, -0.1) is 0 Å². The molecule has 2 aromatic carbocycles. The molecule has 0 aliphatic carbocycles. The van der Waals surface area contributed by atoms with Crippen LogP contribution in [-0.2, 0) is 9.59 Å². The molecule has 1 fully saturated rings. The lowest BCUT2D eigenvalue weighted by molar-refractivity contribution is -0.123. The zero-order valence-corrected chi connectivity index (χ0v) is 15.9. The third-order valence-electron chi connectivity index (χ3n) is 4.75. The highest BCUT2D eigenvalue weighted by Crippen LogP contribution is 2.45. The maximum absolute atomic E-state index is 13.2. The van der Waals surface area contributed by atoms with Crippen LogP contribution in [-0.4, -0.2) is 28.1 Å². The summed E-state index contributed by atoms with van der Waals surface area (Å²) in [4.78, 5) is 29.6. The van der Waals surface area contributed by atoms with E-state index in [9.17, 15) is 9.59 Å². The van der Waals surface area contributed by atoms with E-state index in [4.69, 9.17) is 12.2 Å². The van der Waals surface area contributed by atoms with E-state index in [2.05, 4.69) is 0 Å². The number of hydrogen-bond donors (Lipinski definition) is 0. The molecule has 1 saturated heterocycles. The minimum Gasteiger partial charge on any atom is -0.311 e. The standard InChI is InChI=1S/C20H16N2O2S2/c1-12(13-8-4-3-5-9-13)22-19(24)17(26-20(22)25)16-14-10-6-7-11-15(14)21(2)18(16)23/h3-12H,1-2H3. The van der Waals surface area contributed by atoms with Crippen LogP contribution in [0.25, 0.3) is 5.57 Å². The number of carbonyl (C=O) groups excluding carboxylic acids is 2. The Balaban J connectivity index is 1.79. The Labute approximate surface area is 161 Å². The molecule has 6 heteroatoms. The topological polar surface area (TPSA) is 40.6 Å². The van der Waals surface area contributed by atoms with E-state index in [1.807, 2.05) is 61.5 Å². The maximum atomic E-state index is 13.2. The highest BCUT2D eigenvalue weighted by Gasteiger charge is 2.42. The van der Waals surface area contributed by atoms with E-state index >= 15 is 0 Å². The third-order valence-corrected chi connectivity index (χ3v) is 6.15. The van der Waals surface area contributed by atoms with E-state index in [0.29, 0.717) is 14.8 Å². The Kier molecular flexibility index (Phi) is 4.17. The Morgan fingerprint density at radius 3 is 2.35 bits per heavy atom. The van der Waals surface area contributed by atoms with Gasteiger partial charge in [-0.2, -0.15) is 0 Å². The number of carbonyl (C=O) groups is 2. The van der Waals surface area contributed by atoms with Crippen molar-refractivity contribution < 1.29 is 9.59 Å². The Hall–Kier alpha value is -2.44. The number of hydrogen-bond acceptors (Lipinski definition) is 4. The van der Waals surface area contributed by atoms with E-state index in [1.54, 1.807) is 16.8 Å². The first-order valence-corrected chi connectivity index (χ1v) is 9.45. The van der Waals surface area contributed by atoms with Gasteiger partial charge in [-0.05, 0) is 18.6 Å². The van der Waals surface area contributed by atoms with Crippen LogP contribution in [0.2, 0.25) is 0 Å². The van der Waals surface area contributed by atoms with Gasteiger partial charge in [-0.1, -0.05) is 72.5 Å². The summed E-state index contributed by atoms with van der Waals surface area (Å²) in [5.41, 5.74) is 3.05. The Morgan fingerprint density at radius 1 is 0.962 bits per heavy atom. The molecule has 0 spiro atoms. The molecule has 130 valence electrons. The third kappa shape index (κ3) is 2.48. The normalized spacial score (nSPS) is 20.8. The molecular formula is C20H16N2O2S2. The van der Waals surface area contributed by atoms with Crippen molar-refractivity contribution in [1.29, 1.82) is 0 Å². The van der Waals surface area contributed by atoms with Gasteiger partial charge < -0.3 is 4.90 Å². The highest BCUT2D eigenvalue weighted by molar-refractivity contribution is 8.26. The fraction of sp³-hybridized carbons (Fsp3) is 0.150. The molecule has 0 N–H and O–H groups in total. The van der Waals surface area contributed by atoms with Gasteiger partial charge in [-0.3, -0.25) is 14.5 Å². The number of nitrogens with zero attached hydrogens (tertiary/aromatic N) is 2. The quantitative estimate of drug-likeness (QED) is 0.583. The Morgan fingerprint density at radius 2 is 1.62 bits per heavy atom. The van der Waals surface area contributed by atoms with Crippen LogP contribution < -0.4 is 4.90 Å². The number of rotatable bonds is 2. The van der Waals surface area contributed by atoms with Gasteiger partial charge in [-0.25, -0.2) is 0 Å². The number of thiocarbonyl (C=S) groups is 1. The van der Waals surface area contributed by atoms with Crippen LogP contribution in [0.3, 0.4) is 0 Å². The highest BCUT2D eigenvalue weighted by atomic mass is 32.2. The van der Waals surface area contributed by atoms with Crippen molar-refractivity contribution in [1.82, 2.24) is 4.90 Å². The molecule has 26 heavy (non-hydrogen) atoms. The first-order chi connectivity index (χ1) is 12.5. The van der Waals surface area contributed by atoms with E-state index in [-0.39, 0.29) is 17.9 Å². The van der Waals surface area contributed by atoms with Crippen molar-refractivity contribution in [3.05, 3.63) is 70.6 Å². The molecule has 0 radical (unpaired) electrons. The largest absolute Gasteiger partial charge is 0.311 e. The number of fused-ring (bicyclic) bond motifs is 1. The number of thioether (sulfide) groups is 1. The lowest BCUT2D eigenvalue weighted by Gasteiger charge is -2.23. The number of anilines is 1. The van der Waals surface area contributed by atoms with Crippen LogP contribution in [0.1, 0.15) is 24.1 Å². The average Bonchev–Trinajstić information content (AvgIpc) is 3.09. The number of amides is 2. The summed E-state index contributed by atoms with van der Waals surface area (Å²) >= 11 is 6.69. The minimum absolute atomic E-state index is 0.168. The average molecular weight is 380 g/mol. The van der Waals surface area contributed by atoms with Crippen molar-refractivity contribution in [2.45, 2.75) is 13.0 Å². The number of benzene rings is 2. The number of likely N-dealkylation sites (N-methyl/N-ethyl adjacent to an activating group) is 1. The van der Waals surface area contributed by atoms with Crippen molar-refractivity contribution in [3.8, 4) is 0 Å². The van der Waals surface area contributed by atoms with Gasteiger partial charge in [0.05, 0.1) is 22.2 Å². The smallest absolute Gasteiger partial charge is 0.267 e. The summed E-state index contributed by atoms with van der Waals surface area (Å²) in [5.74, 6) is -0.371. The van der Waals surface area contributed by atoms with Crippen molar-refractivity contribution in [2.24, 2.45) is 0 Å². The fourth-order valence-corrected chi connectivity index (χ4v) is 4.82. The second-order valence-corrected chi connectivity index (χ2v) is 7.86. The molecule has 2 heterocycles. The van der Waals surface area contributed by atoms with Crippen LogP contribution in [0.4, 0.5) is 5.69 Å². The fourth-order valence-electron chi connectivity index (χ4n) is 3.33. The molecular weight excluding hydrogens is 364 g/mol. The van der Waals surface area contributed by atoms with Crippen LogP contribution >= 0.6 is 24.0 Å². The molecule has 0 bridgehead atoms. The molecule has 0 saturated carbocycles. The van der Waals surface area contributed by atoms with Crippen LogP contribution in [0, 0.1) is 0 Å². The molecule has 2 amide bonds. The Bertz CT molecular complexity index is 969. The lowest BCUT2D eigenvalue weighted by Crippen LogP contribution is -2.31. The van der Waals surface area contributed by atoms with E-state index in [0.717, 1.165) is 16.8 Å². The molecule has 2 aromatic rings. The summed E-state index contributed by atoms with van der Waals surface area (Å²) in [5, 5.41) is 0. The van der Waals surface area contributed by atoms with Gasteiger partial charge >= 0.3 is 0 Å². The predicted molar refractivity (Wildman–Crippen MR) is 109 cm³/mol. The molecule has 4 nitrogen and oxygen atoms in total. The zero-order valence-electron chi connectivity index (χ0n) is 14.3. The molecule has 2 aliphatic heterocycles. The molecule has 1 unspecified atom stereocenters. The number of para-hydroxylation sites is 1. The van der Waals surface area contributed by atoms with Crippen LogP contribution in [0.15, 0.2) is 59.5 Å². The van der Waals surface area contributed by atoms with E-state index in [1.165, 1.54) is 11.8 Å². The maximum Gasteiger partial charge on any atom is 0.267 e. The molecule has 2 aliphatic rings. The molecule has 1 atom stereocenters. The van der Waals surface area contributed by atoms with Crippen LogP contribution in [0.5, 0.6) is 0 Å². The van der Waals surface area contributed by atoms with Gasteiger partial charge in [0.2, 0.25) is 0 Å². The monoisotopic (exact) mass is 380 g/mol. The summed E-state index contributed by atoms with van der Waals surface area (Å²) < 4.78 is 0.480. The van der Waals surface area contributed by atoms with Crippen molar-refractivity contribution >= 4 is 51.4 Å². The van der Waals surface area contributed by atoms with Crippen molar-refractivity contribution in [3.63, 3.8) is 0 Å². The predicted octanol–water partition coefficient (Wildman–Crippen LogP) is 4.00. The second kappa shape index (κ2) is 6.37. The van der Waals surface area contributed by atoms with Gasteiger partial charge in [0.15, 0.2) is 0 Å². The summed E-state index contributed by atoms with van der Waals surface area (Å²) in [6.45, 7) is 1.95. The molecule has 0 aromatic heterocycles. The zero-order chi connectivity index (χ0) is 18.4. The van der Waals surface area contributed by atoms with Gasteiger partial charge in [0.25, 0.3) is 11.8 Å². The lowest BCUT2D eigenvalue weighted by atomic mass is 10.1. The van der Waals surface area contributed by atoms with Gasteiger partial charge in [0.1, 0.15) is 4.32 Å². The first-order valence-electron chi connectivity index (χ1n) is 8.22. The molecule has 4 rings (SSSR count). The first kappa shape index (κ1) is 17.0. The summed E-state index contributed by atoms with van der Waals surface area (Å²) in [6.07, 6.45) is 0. The van der Waals surface area contributed by atoms with Crippen molar-refractivity contribution in [2.75, 3.05) is 11.9 Å². The van der Waals surface area contributed by atoms with E-state index < -0.39 is 0 Å². The summed E-state index contributed by atoms with van der Waals surface area (Å²) in [6, 6.07) is 17.1.